The van der Waals surface area contributed by atoms with Crippen LogP contribution in [0.5, 0.6) is 0 Å². The average Bonchev–Trinajstić information content (AvgIpc) is 3.23. The second-order valence-electron chi connectivity index (χ2n) is 11.2. The third kappa shape index (κ3) is 4.52. The molecule has 1 heterocycles. The summed E-state index contributed by atoms with van der Waals surface area (Å²) in [5, 5.41) is 3.78. The molecule has 3 rings (SSSR count). The number of hydrogen-bond acceptors (Lipinski definition) is 1. The van der Waals surface area contributed by atoms with E-state index in [1.54, 1.807) is 0 Å². The van der Waals surface area contributed by atoms with Crippen molar-refractivity contribution in [3.63, 3.8) is 0 Å². The minimum atomic E-state index is 0.198. The minimum absolute atomic E-state index is 0.198. The van der Waals surface area contributed by atoms with Gasteiger partial charge in [0.15, 0.2) is 0 Å². The van der Waals surface area contributed by atoms with Gasteiger partial charge in [-0.1, -0.05) is 104 Å². The zero-order valence-corrected chi connectivity index (χ0v) is 20.5. The van der Waals surface area contributed by atoms with E-state index in [-0.39, 0.29) is 10.8 Å². The molecular weight excluding hydrogens is 362 g/mol. The highest BCUT2D eigenvalue weighted by molar-refractivity contribution is 5.40. The fraction of sp³-hybridized carbons (Fsp3) is 0.586. The molecular formula is C29H43N. The van der Waals surface area contributed by atoms with E-state index in [0.29, 0.717) is 23.8 Å². The summed E-state index contributed by atoms with van der Waals surface area (Å²) in [7, 11) is 0. The van der Waals surface area contributed by atoms with Crippen LogP contribution in [-0.4, -0.2) is 12.6 Å². The van der Waals surface area contributed by atoms with E-state index in [2.05, 4.69) is 109 Å². The summed E-state index contributed by atoms with van der Waals surface area (Å²) in [5.74, 6) is 1.65. The zero-order valence-electron chi connectivity index (χ0n) is 20.5. The first-order valence-corrected chi connectivity index (χ1v) is 12.0. The second kappa shape index (κ2) is 8.87. The van der Waals surface area contributed by atoms with E-state index in [1.807, 2.05) is 0 Å². The number of rotatable bonds is 7. The van der Waals surface area contributed by atoms with Gasteiger partial charge in [0.2, 0.25) is 0 Å². The van der Waals surface area contributed by atoms with E-state index < -0.39 is 0 Å². The topological polar surface area (TPSA) is 12.0 Å². The first-order chi connectivity index (χ1) is 14.0. The van der Waals surface area contributed by atoms with Crippen LogP contribution < -0.4 is 5.32 Å². The lowest BCUT2D eigenvalue weighted by Crippen LogP contribution is -2.30. The van der Waals surface area contributed by atoms with Crippen LogP contribution >= 0.6 is 0 Å². The van der Waals surface area contributed by atoms with Gasteiger partial charge in [-0.05, 0) is 64.3 Å². The molecule has 0 bridgehead atoms. The van der Waals surface area contributed by atoms with Gasteiger partial charge in [-0.15, -0.1) is 0 Å². The molecule has 30 heavy (non-hydrogen) atoms. The summed E-state index contributed by atoms with van der Waals surface area (Å²) in [6, 6.07) is 19.5. The molecule has 1 nitrogen and oxygen atoms in total. The maximum atomic E-state index is 3.78. The highest BCUT2D eigenvalue weighted by Gasteiger charge is 2.30. The van der Waals surface area contributed by atoms with Gasteiger partial charge in [0.1, 0.15) is 0 Å². The van der Waals surface area contributed by atoms with Gasteiger partial charge in [0.05, 0.1) is 0 Å². The Morgan fingerprint density at radius 1 is 0.700 bits per heavy atom. The molecule has 1 heteroatoms. The van der Waals surface area contributed by atoms with Crippen molar-refractivity contribution in [2.24, 2.45) is 11.8 Å². The molecule has 0 saturated carbocycles. The smallest absolute Gasteiger partial charge is 0.0243 e. The predicted octanol–water partition coefficient (Wildman–Crippen LogP) is 7.44. The Morgan fingerprint density at radius 3 is 1.40 bits per heavy atom. The standard InChI is InChI=1S/C29H43N/c1-20(2)28(5,6)24-15-11-22(12-16-24)27(26-10-9-19-30-26)23-13-17-25(18-14-23)29(7,8)21(3)4/h11-18,20-21,26-27,30H,9-10,19H2,1-8H3/t26-/m0/s1. The van der Waals surface area contributed by atoms with Crippen molar-refractivity contribution in [3.8, 4) is 0 Å². The van der Waals surface area contributed by atoms with Gasteiger partial charge < -0.3 is 5.32 Å². The van der Waals surface area contributed by atoms with Crippen molar-refractivity contribution in [3.05, 3.63) is 70.8 Å². The molecule has 2 aromatic rings. The summed E-state index contributed by atoms with van der Waals surface area (Å²) in [6.45, 7) is 19.8. The molecule has 0 amide bonds. The Morgan fingerprint density at radius 2 is 1.10 bits per heavy atom. The molecule has 1 atom stereocenters. The summed E-state index contributed by atoms with van der Waals surface area (Å²) in [4.78, 5) is 0. The molecule has 164 valence electrons. The lowest BCUT2D eigenvalue weighted by molar-refractivity contribution is 0.372. The molecule has 1 fully saturated rings. The van der Waals surface area contributed by atoms with Gasteiger partial charge in [-0.25, -0.2) is 0 Å². The van der Waals surface area contributed by atoms with Crippen molar-refractivity contribution in [2.75, 3.05) is 6.54 Å². The third-order valence-electron chi connectivity index (χ3n) is 8.42. The summed E-state index contributed by atoms with van der Waals surface area (Å²) >= 11 is 0. The average molecular weight is 406 g/mol. The zero-order chi connectivity index (χ0) is 22.1. The van der Waals surface area contributed by atoms with Crippen molar-refractivity contribution in [1.82, 2.24) is 5.32 Å². The van der Waals surface area contributed by atoms with Gasteiger partial charge in [0.25, 0.3) is 0 Å². The van der Waals surface area contributed by atoms with Crippen molar-refractivity contribution < 1.29 is 0 Å². The molecule has 0 unspecified atom stereocenters. The Bertz CT molecular complexity index is 739. The quantitative estimate of drug-likeness (QED) is 0.505. The van der Waals surface area contributed by atoms with Crippen LogP contribution in [0.3, 0.4) is 0 Å². The van der Waals surface area contributed by atoms with Gasteiger partial charge >= 0.3 is 0 Å². The lowest BCUT2D eigenvalue weighted by Gasteiger charge is -2.32. The largest absolute Gasteiger partial charge is 0.313 e. The molecule has 1 saturated heterocycles. The fourth-order valence-corrected chi connectivity index (χ4v) is 4.56. The number of benzene rings is 2. The van der Waals surface area contributed by atoms with Crippen LogP contribution in [0.4, 0.5) is 0 Å². The van der Waals surface area contributed by atoms with E-state index >= 15 is 0 Å². The normalized spacial score (nSPS) is 18.0. The first kappa shape index (κ1) is 23.1. The van der Waals surface area contributed by atoms with E-state index in [0.717, 1.165) is 6.54 Å². The van der Waals surface area contributed by atoms with Crippen LogP contribution in [0.2, 0.25) is 0 Å². The number of nitrogens with one attached hydrogen (secondary N) is 1. The maximum Gasteiger partial charge on any atom is 0.0243 e. The third-order valence-corrected chi connectivity index (χ3v) is 8.42. The Labute approximate surface area is 185 Å². The molecule has 1 aliphatic rings. The monoisotopic (exact) mass is 405 g/mol. The van der Waals surface area contributed by atoms with Gasteiger partial charge in [0, 0.05) is 12.0 Å². The number of hydrogen-bond donors (Lipinski definition) is 1. The Kier molecular flexibility index (Phi) is 6.82. The Balaban J connectivity index is 1.95. The lowest BCUT2D eigenvalue weighted by atomic mass is 9.73. The van der Waals surface area contributed by atoms with Crippen molar-refractivity contribution >= 4 is 0 Å². The predicted molar refractivity (Wildman–Crippen MR) is 131 cm³/mol. The summed E-state index contributed by atoms with van der Waals surface area (Å²) in [6.07, 6.45) is 2.53. The summed E-state index contributed by atoms with van der Waals surface area (Å²) in [5.41, 5.74) is 6.15. The maximum absolute atomic E-state index is 3.78. The molecule has 0 aromatic heterocycles. The van der Waals surface area contributed by atoms with Crippen molar-refractivity contribution in [1.29, 1.82) is 0 Å². The minimum Gasteiger partial charge on any atom is -0.313 e. The molecule has 0 aliphatic carbocycles. The molecule has 0 radical (unpaired) electrons. The van der Waals surface area contributed by atoms with Crippen LogP contribution in [0.25, 0.3) is 0 Å². The van der Waals surface area contributed by atoms with Crippen LogP contribution in [0.15, 0.2) is 48.5 Å². The highest BCUT2D eigenvalue weighted by Crippen LogP contribution is 2.37. The molecule has 1 aliphatic heterocycles. The van der Waals surface area contributed by atoms with Crippen LogP contribution in [-0.2, 0) is 10.8 Å². The van der Waals surface area contributed by atoms with Gasteiger partial charge in [-0.3, -0.25) is 0 Å². The first-order valence-electron chi connectivity index (χ1n) is 12.0. The SMILES string of the molecule is CC(C)C(C)(C)c1ccc(C(c2ccc(C(C)(C)C(C)C)cc2)[C@@H]2CCCN2)cc1. The van der Waals surface area contributed by atoms with Gasteiger partial charge in [-0.2, -0.15) is 0 Å². The fourth-order valence-electron chi connectivity index (χ4n) is 4.56. The highest BCUT2D eigenvalue weighted by atomic mass is 14.9. The molecule has 0 spiro atoms. The molecule has 1 N–H and O–H groups in total. The molecule has 2 aromatic carbocycles. The summed E-state index contributed by atoms with van der Waals surface area (Å²) < 4.78 is 0. The van der Waals surface area contributed by atoms with E-state index in [1.165, 1.54) is 35.1 Å². The van der Waals surface area contributed by atoms with E-state index in [4.69, 9.17) is 0 Å². The second-order valence-corrected chi connectivity index (χ2v) is 11.2. The van der Waals surface area contributed by atoms with Crippen LogP contribution in [0.1, 0.15) is 96.4 Å². The van der Waals surface area contributed by atoms with Crippen LogP contribution in [0, 0.1) is 11.8 Å². The Hall–Kier alpha value is -1.60. The van der Waals surface area contributed by atoms with Crippen molar-refractivity contribution in [2.45, 2.75) is 91.0 Å². The van der Waals surface area contributed by atoms with E-state index in [9.17, 15) is 0 Å².